The fourth-order valence-electron chi connectivity index (χ4n) is 3.21. The molecule has 1 atom stereocenters. The van der Waals surface area contributed by atoms with Crippen LogP contribution in [-0.4, -0.2) is 55.6 Å². The largest absolute Gasteiger partial charge is 0.354 e. The Bertz CT molecular complexity index is 1110. The number of amides is 2. The third kappa shape index (κ3) is 7.43. The second kappa shape index (κ2) is 12.5. The van der Waals surface area contributed by atoms with Gasteiger partial charge in [0, 0.05) is 20.1 Å². The van der Waals surface area contributed by atoms with Crippen LogP contribution in [0.3, 0.4) is 0 Å². The van der Waals surface area contributed by atoms with E-state index >= 15 is 0 Å². The van der Waals surface area contributed by atoms with Crippen molar-refractivity contribution in [2.75, 3.05) is 20.1 Å². The van der Waals surface area contributed by atoms with Crippen molar-refractivity contribution in [3.63, 3.8) is 0 Å². The number of carbonyl (C=O) groups is 2. The van der Waals surface area contributed by atoms with Gasteiger partial charge in [-0.15, -0.1) is 0 Å². The molecule has 0 radical (unpaired) electrons. The average Bonchev–Trinajstić information content (AvgIpc) is 2.79. The van der Waals surface area contributed by atoms with Gasteiger partial charge in [0.25, 0.3) is 0 Å². The van der Waals surface area contributed by atoms with Gasteiger partial charge in [-0.2, -0.15) is 4.31 Å². The molecule has 0 fully saturated rings. The first-order valence-corrected chi connectivity index (χ1v) is 13.2. The van der Waals surface area contributed by atoms with E-state index < -0.39 is 28.5 Å². The highest BCUT2D eigenvalue weighted by molar-refractivity contribution is 7.89. The number of sulfonamides is 1. The lowest BCUT2D eigenvalue weighted by Gasteiger charge is -2.30. The van der Waals surface area contributed by atoms with Crippen LogP contribution in [0.1, 0.15) is 37.8 Å². The Kier molecular flexibility index (Phi) is 10.4. The van der Waals surface area contributed by atoms with E-state index in [-0.39, 0.29) is 17.3 Å². The number of hydrogen-bond acceptors (Lipinski definition) is 4. The topological polar surface area (TPSA) is 86.8 Å². The lowest BCUT2D eigenvalue weighted by Crippen LogP contribution is -2.50. The lowest BCUT2D eigenvalue weighted by molar-refractivity contribution is -0.140. The molecule has 0 saturated heterocycles. The molecular formula is C24H31Cl2N3O4S. The molecule has 10 heteroatoms. The van der Waals surface area contributed by atoms with Gasteiger partial charge in [0.05, 0.1) is 21.5 Å². The molecule has 34 heavy (non-hydrogen) atoms. The van der Waals surface area contributed by atoms with Crippen LogP contribution in [0.15, 0.2) is 47.4 Å². The van der Waals surface area contributed by atoms with Gasteiger partial charge in [-0.25, -0.2) is 8.42 Å². The average molecular weight is 529 g/mol. The summed E-state index contributed by atoms with van der Waals surface area (Å²) in [4.78, 5) is 27.5. The SMILES string of the molecule is CCCCNC(=O)[C@H](C)N(Cc1ccc(Cl)c(Cl)c1)C(=O)CN(C)S(=O)(=O)c1ccc(C)cc1. The van der Waals surface area contributed by atoms with Gasteiger partial charge in [-0.3, -0.25) is 9.59 Å². The number of likely N-dealkylation sites (N-methyl/N-ethyl adjacent to an activating group) is 1. The molecule has 0 heterocycles. The van der Waals surface area contributed by atoms with E-state index in [1.807, 2.05) is 13.8 Å². The van der Waals surface area contributed by atoms with E-state index in [4.69, 9.17) is 23.2 Å². The number of halogens is 2. The van der Waals surface area contributed by atoms with Gasteiger partial charge < -0.3 is 10.2 Å². The third-order valence-corrected chi connectivity index (χ3v) is 7.98. The summed E-state index contributed by atoms with van der Waals surface area (Å²) in [5, 5.41) is 3.53. The number of carbonyl (C=O) groups excluding carboxylic acids is 2. The van der Waals surface area contributed by atoms with Crippen LogP contribution in [-0.2, 0) is 26.2 Å². The van der Waals surface area contributed by atoms with Crippen LogP contribution in [0.5, 0.6) is 0 Å². The number of unbranched alkanes of at least 4 members (excludes halogenated alkanes) is 1. The first kappa shape index (κ1) is 28.1. The van der Waals surface area contributed by atoms with Gasteiger partial charge in [-0.05, 0) is 50.1 Å². The first-order chi connectivity index (χ1) is 16.0. The van der Waals surface area contributed by atoms with Crippen LogP contribution in [0.2, 0.25) is 10.0 Å². The van der Waals surface area contributed by atoms with Gasteiger partial charge in [0.2, 0.25) is 21.8 Å². The van der Waals surface area contributed by atoms with E-state index in [9.17, 15) is 18.0 Å². The minimum absolute atomic E-state index is 0.0660. The minimum Gasteiger partial charge on any atom is -0.354 e. The van der Waals surface area contributed by atoms with Gasteiger partial charge >= 0.3 is 0 Å². The Morgan fingerprint density at radius 2 is 1.71 bits per heavy atom. The standard InChI is InChI=1S/C24H31Cl2N3O4S/c1-5-6-13-27-24(31)18(3)29(15-19-9-12-21(25)22(26)14-19)23(30)16-28(4)34(32,33)20-10-7-17(2)8-11-20/h7-12,14,18H,5-6,13,15-16H2,1-4H3,(H,27,31)/t18-/m0/s1. The predicted molar refractivity (Wildman–Crippen MR) is 135 cm³/mol. The third-order valence-electron chi connectivity index (χ3n) is 5.42. The molecule has 2 amide bonds. The summed E-state index contributed by atoms with van der Waals surface area (Å²) in [6, 6.07) is 10.5. The normalized spacial score (nSPS) is 12.4. The molecule has 0 saturated carbocycles. The minimum atomic E-state index is -3.89. The summed E-state index contributed by atoms with van der Waals surface area (Å²) >= 11 is 12.1. The van der Waals surface area contributed by atoms with Crippen LogP contribution in [0.4, 0.5) is 0 Å². The number of hydrogen-bond donors (Lipinski definition) is 1. The summed E-state index contributed by atoms with van der Waals surface area (Å²) < 4.78 is 26.9. The number of rotatable bonds is 11. The lowest BCUT2D eigenvalue weighted by atomic mass is 10.1. The van der Waals surface area contributed by atoms with Crippen molar-refractivity contribution in [3.8, 4) is 0 Å². The van der Waals surface area contributed by atoms with Crippen molar-refractivity contribution in [2.45, 2.75) is 51.1 Å². The maximum Gasteiger partial charge on any atom is 0.243 e. The van der Waals surface area contributed by atoms with Gasteiger partial charge in [0.15, 0.2) is 0 Å². The molecule has 2 aromatic carbocycles. The molecule has 0 aliphatic heterocycles. The van der Waals surface area contributed by atoms with Crippen LogP contribution in [0, 0.1) is 6.92 Å². The van der Waals surface area contributed by atoms with Crippen molar-refractivity contribution in [3.05, 3.63) is 63.6 Å². The zero-order chi connectivity index (χ0) is 25.5. The number of aryl methyl sites for hydroxylation is 1. The maximum atomic E-state index is 13.3. The molecule has 7 nitrogen and oxygen atoms in total. The van der Waals surface area contributed by atoms with Crippen molar-refractivity contribution in [1.29, 1.82) is 0 Å². The van der Waals surface area contributed by atoms with Crippen LogP contribution in [0.25, 0.3) is 0 Å². The summed E-state index contributed by atoms with van der Waals surface area (Å²) in [5.41, 5.74) is 1.59. The highest BCUT2D eigenvalue weighted by Crippen LogP contribution is 2.24. The molecule has 1 N–H and O–H groups in total. The zero-order valence-corrected chi connectivity index (χ0v) is 22.2. The Morgan fingerprint density at radius 3 is 2.29 bits per heavy atom. The molecule has 2 rings (SSSR count). The number of nitrogens with one attached hydrogen (secondary N) is 1. The Balaban J connectivity index is 2.26. The fraction of sp³-hybridized carbons (Fsp3) is 0.417. The van der Waals surface area contributed by atoms with Crippen LogP contribution < -0.4 is 5.32 Å². The second-order valence-corrected chi connectivity index (χ2v) is 11.0. The van der Waals surface area contributed by atoms with Gasteiger partial charge in [0.1, 0.15) is 6.04 Å². The molecule has 0 bridgehead atoms. The predicted octanol–water partition coefficient (Wildman–Crippen LogP) is 4.26. The molecule has 2 aromatic rings. The smallest absolute Gasteiger partial charge is 0.243 e. The Hall–Kier alpha value is -2.13. The van der Waals surface area contributed by atoms with E-state index in [0.29, 0.717) is 22.2 Å². The highest BCUT2D eigenvalue weighted by Gasteiger charge is 2.30. The second-order valence-electron chi connectivity index (χ2n) is 8.16. The molecule has 0 aromatic heterocycles. The Morgan fingerprint density at radius 1 is 1.06 bits per heavy atom. The van der Waals surface area contributed by atoms with E-state index in [1.54, 1.807) is 37.3 Å². The quantitative estimate of drug-likeness (QED) is 0.442. The van der Waals surface area contributed by atoms with E-state index in [1.165, 1.54) is 24.1 Å². The monoisotopic (exact) mass is 527 g/mol. The number of nitrogens with zero attached hydrogens (tertiary/aromatic N) is 2. The van der Waals surface area contributed by atoms with E-state index in [0.717, 1.165) is 22.7 Å². The summed E-state index contributed by atoms with van der Waals surface area (Å²) in [6.07, 6.45) is 1.74. The van der Waals surface area contributed by atoms with Crippen LogP contribution >= 0.6 is 23.2 Å². The molecule has 0 spiro atoms. The van der Waals surface area contributed by atoms with E-state index in [2.05, 4.69) is 5.32 Å². The van der Waals surface area contributed by atoms with Crippen molar-refractivity contribution in [2.24, 2.45) is 0 Å². The van der Waals surface area contributed by atoms with Gasteiger partial charge in [-0.1, -0.05) is 60.3 Å². The fourth-order valence-corrected chi connectivity index (χ4v) is 4.65. The summed E-state index contributed by atoms with van der Waals surface area (Å²) in [7, 11) is -2.54. The highest BCUT2D eigenvalue weighted by atomic mass is 35.5. The molecule has 0 unspecified atom stereocenters. The Labute approximate surface area is 212 Å². The van der Waals surface area contributed by atoms with Crippen molar-refractivity contribution < 1.29 is 18.0 Å². The number of benzene rings is 2. The molecule has 0 aliphatic rings. The molecule has 186 valence electrons. The summed E-state index contributed by atoms with van der Waals surface area (Å²) in [6.45, 7) is 5.62. The molecule has 0 aliphatic carbocycles. The zero-order valence-electron chi connectivity index (χ0n) is 19.8. The maximum absolute atomic E-state index is 13.3. The summed E-state index contributed by atoms with van der Waals surface area (Å²) in [5.74, 6) is -0.826. The van der Waals surface area contributed by atoms with Crippen molar-refractivity contribution >= 4 is 45.0 Å². The van der Waals surface area contributed by atoms with Crippen molar-refractivity contribution in [1.82, 2.24) is 14.5 Å². The molecular weight excluding hydrogens is 497 g/mol. The first-order valence-electron chi connectivity index (χ1n) is 11.0.